The van der Waals surface area contributed by atoms with E-state index in [4.69, 9.17) is 5.11 Å². The molecule has 0 unspecified atom stereocenters. The van der Waals surface area contributed by atoms with Gasteiger partial charge in [0.15, 0.2) is 0 Å². The van der Waals surface area contributed by atoms with Gasteiger partial charge in [0.05, 0.1) is 0 Å². The van der Waals surface area contributed by atoms with Crippen LogP contribution in [0.4, 0.5) is 0 Å². The van der Waals surface area contributed by atoms with Gasteiger partial charge in [-0.15, -0.1) is 0 Å². The van der Waals surface area contributed by atoms with Crippen LogP contribution in [0, 0.1) is 0 Å². The van der Waals surface area contributed by atoms with Crippen LogP contribution in [0.3, 0.4) is 0 Å². The number of hydrogen-bond acceptors (Lipinski definition) is 2. The number of aliphatic hydroxyl groups is 1. The standard InChI is InChI=1S/C8H15NO2/c1-3-4-5-7(2)8(11)9-6-10/h5,10H,3-4,6H2,1-2H3,(H,9,11). The molecule has 0 saturated carbocycles. The minimum absolute atomic E-state index is 0.194. The third-order valence-electron chi connectivity index (χ3n) is 1.34. The Kier molecular flexibility index (Phi) is 5.47. The molecule has 0 bridgehead atoms. The smallest absolute Gasteiger partial charge is 0.248 e. The summed E-state index contributed by atoms with van der Waals surface area (Å²) in [5, 5.41) is 10.7. The number of aliphatic hydroxyl groups excluding tert-OH is 1. The Hall–Kier alpha value is -0.830. The van der Waals surface area contributed by atoms with Gasteiger partial charge in [-0.25, -0.2) is 0 Å². The van der Waals surface area contributed by atoms with Crippen molar-refractivity contribution >= 4 is 5.91 Å². The topological polar surface area (TPSA) is 49.3 Å². The first-order valence-electron chi connectivity index (χ1n) is 3.78. The lowest BCUT2D eigenvalue weighted by Crippen LogP contribution is -2.24. The zero-order chi connectivity index (χ0) is 8.69. The molecule has 11 heavy (non-hydrogen) atoms. The first-order valence-corrected chi connectivity index (χ1v) is 3.78. The molecule has 64 valence electrons. The number of carbonyl (C=O) groups excluding carboxylic acids is 1. The van der Waals surface area contributed by atoms with Crippen LogP contribution in [0.2, 0.25) is 0 Å². The second kappa shape index (κ2) is 5.92. The van der Waals surface area contributed by atoms with Crippen molar-refractivity contribution in [2.75, 3.05) is 6.73 Å². The Labute approximate surface area is 67.1 Å². The van der Waals surface area contributed by atoms with E-state index in [1.165, 1.54) is 0 Å². The van der Waals surface area contributed by atoms with Crippen molar-refractivity contribution < 1.29 is 9.90 Å². The Bertz CT molecular complexity index is 152. The van der Waals surface area contributed by atoms with Crippen LogP contribution in [0.1, 0.15) is 26.7 Å². The summed E-state index contributed by atoms with van der Waals surface area (Å²) in [5.74, 6) is -0.194. The Morgan fingerprint density at radius 1 is 1.64 bits per heavy atom. The molecule has 0 atom stereocenters. The number of hydrogen-bond donors (Lipinski definition) is 2. The predicted octanol–water partition coefficient (Wildman–Crippen LogP) is 0.799. The average Bonchev–Trinajstić information content (AvgIpc) is 2.00. The summed E-state index contributed by atoms with van der Waals surface area (Å²) in [6, 6.07) is 0. The van der Waals surface area contributed by atoms with Gasteiger partial charge >= 0.3 is 0 Å². The first kappa shape index (κ1) is 10.2. The molecule has 0 aromatic carbocycles. The van der Waals surface area contributed by atoms with Crippen molar-refractivity contribution in [3.63, 3.8) is 0 Å². The van der Waals surface area contributed by atoms with Gasteiger partial charge in [0.1, 0.15) is 6.73 Å². The molecule has 2 N–H and O–H groups in total. The molecule has 0 saturated heterocycles. The van der Waals surface area contributed by atoms with Crippen LogP contribution >= 0.6 is 0 Å². The number of allylic oxidation sites excluding steroid dienone is 1. The van der Waals surface area contributed by atoms with Crippen molar-refractivity contribution in [1.29, 1.82) is 0 Å². The molecule has 0 rings (SSSR count). The van der Waals surface area contributed by atoms with Crippen LogP contribution < -0.4 is 5.32 Å². The molecule has 0 spiro atoms. The van der Waals surface area contributed by atoms with Crippen LogP contribution in [-0.2, 0) is 4.79 Å². The molecule has 0 aliphatic heterocycles. The second-order valence-electron chi connectivity index (χ2n) is 2.34. The molecule has 0 heterocycles. The quantitative estimate of drug-likeness (QED) is 0.468. The van der Waals surface area contributed by atoms with E-state index in [9.17, 15) is 4.79 Å². The average molecular weight is 157 g/mol. The van der Waals surface area contributed by atoms with E-state index < -0.39 is 0 Å². The van der Waals surface area contributed by atoms with Gasteiger partial charge in [-0.2, -0.15) is 0 Å². The zero-order valence-electron chi connectivity index (χ0n) is 7.05. The minimum Gasteiger partial charge on any atom is -0.376 e. The van der Waals surface area contributed by atoms with Crippen molar-refractivity contribution in [2.45, 2.75) is 26.7 Å². The zero-order valence-corrected chi connectivity index (χ0v) is 7.05. The number of unbranched alkanes of at least 4 members (excludes halogenated alkanes) is 1. The fraction of sp³-hybridized carbons (Fsp3) is 0.625. The van der Waals surface area contributed by atoms with E-state index in [-0.39, 0.29) is 12.6 Å². The number of amides is 1. The van der Waals surface area contributed by atoms with E-state index >= 15 is 0 Å². The van der Waals surface area contributed by atoms with Gasteiger partial charge in [0.25, 0.3) is 0 Å². The third-order valence-corrected chi connectivity index (χ3v) is 1.34. The maximum Gasteiger partial charge on any atom is 0.248 e. The highest BCUT2D eigenvalue weighted by Crippen LogP contribution is 1.97. The van der Waals surface area contributed by atoms with Gasteiger partial charge in [0.2, 0.25) is 5.91 Å². The van der Waals surface area contributed by atoms with E-state index in [0.717, 1.165) is 12.8 Å². The molecule has 0 aliphatic rings. The molecule has 0 aliphatic carbocycles. The van der Waals surface area contributed by atoms with Crippen LogP contribution in [0.15, 0.2) is 11.6 Å². The normalized spacial score (nSPS) is 11.4. The highest BCUT2D eigenvalue weighted by Gasteiger charge is 1.99. The molecule has 3 heteroatoms. The molecule has 1 amide bonds. The van der Waals surface area contributed by atoms with E-state index in [0.29, 0.717) is 5.57 Å². The fourth-order valence-corrected chi connectivity index (χ4v) is 0.665. The maximum atomic E-state index is 10.9. The third kappa shape index (κ3) is 4.56. The molecule has 0 aromatic rings. The lowest BCUT2D eigenvalue weighted by atomic mass is 10.2. The monoisotopic (exact) mass is 157 g/mol. The Morgan fingerprint density at radius 2 is 2.27 bits per heavy atom. The van der Waals surface area contributed by atoms with Gasteiger partial charge in [-0.1, -0.05) is 19.4 Å². The van der Waals surface area contributed by atoms with Crippen LogP contribution in [-0.4, -0.2) is 17.7 Å². The summed E-state index contributed by atoms with van der Waals surface area (Å²) in [5.41, 5.74) is 0.668. The number of nitrogens with one attached hydrogen (secondary N) is 1. The summed E-state index contributed by atoms with van der Waals surface area (Å²) < 4.78 is 0. The summed E-state index contributed by atoms with van der Waals surface area (Å²) >= 11 is 0. The van der Waals surface area contributed by atoms with Gasteiger partial charge in [0, 0.05) is 5.57 Å². The summed E-state index contributed by atoms with van der Waals surface area (Å²) in [4.78, 5) is 10.9. The van der Waals surface area contributed by atoms with Gasteiger partial charge < -0.3 is 10.4 Å². The Balaban J connectivity index is 3.80. The predicted molar refractivity (Wildman–Crippen MR) is 43.9 cm³/mol. The second-order valence-corrected chi connectivity index (χ2v) is 2.34. The summed E-state index contributed by atoms with van der Waals surface area (Å²) in [7, 11) is 0. The van der Waals surface area contributed by atoms with E-state index in [1.807, 2.05) is 13.0 Å². The first-order chi connectivity index (χ1) is 5.22. The van der Waals surface area contributed by atoms with Crippen molar-refractivity contribution in [3.8, 4) is 0 Å². The van der Waals surface area contributed by atoms with Gasteiger partial charge in [-0.05, 0) is 13.3 Å². The SMILES string of the molecule is CCCC=C(C)C(=O)NCO. The van der Waals surface area contributed by atoms with Gasteiger partial charge in [-0.3, -0.25) is 4.79 Å². The molecular formula is C8H15NO2. The molecule has 0 aromatic heterocycles. The van der Waals surface area contributed by atoms with E-state index in [2.05, 4.69) is 5.32 Å². The van der Waals surface area contributed by atoms with Crippen molar-refractivity contribution in [2.24, 2.45) is 0 Å². The fourth-order valence-electron chi connectivity index (χ4n) is 0.665. The molecule has 0 radical (unpaired) electrons. The molecule has 3 nitrogen and oxygen atoms in total. The number of carbonyl (C=O) groups is 1. The highest BCUT2D eigenvalue weighted by atomic mass is 16.3. The number of rotatable bonds is 4. The lowest BCUT2D eigenvalue weighted by molar-refractivity contribution is -0.118. The van der Waals surface area contributed by atoms with Crippen molar-refractivity contribution in [3.05, 3.63) is 11.6 Å². The molecular weight excluding hydrogens is 142 g/mol. The van der Waals surface area contributed by atoms with Crippen LogP contribution in [0.5, 0.6) is 0 Å². The minimum atomic E-state index is -0.295. The summed E-state index contributed by atoms with van der Waals surface area (Å²) in [6.45, 7) is 3.49. The Morgan fingerprint density at radius 3 is 2.73 bits per heavy atom. The van der Waals surface area contributed by atoms with E-state index in [1.54, 1.807) is 6.92 Å². The largest absolute Gasteiger partial charge is 0.376 e. The lowest BCUT2D eigenvalue weighted by Gasteiger charge is -1.99. The maximum absolute atomic E-state index is 10.9. The summed E-state index contributed by atoms with van der Waals surface area (Å²) in [6.07, 6.45) is 3.80. The van der Waals surface area contributed by atoms with Crippen LogP contribution in [0.25, 0.3) is 0 Å². The molecule has 0 fully saturated rings. The van der Waals surface area contributed by atoms with Crippen molar-refractivity contribution in [1.82, 2.24) is 5.32 Å². The highest BCUT2D eigenvalue weighted by molar-refractivity contribution is 5.92.